The molecule has 3 nitrogen and oxygen atoms in total. The molecule has 1 N–H and O–H groups in total. The summed E-state index contributed by atoms with van der Waals surface area (Å²) in [5.74, 6) is 0.146. The first kappa shape index (κ1) is 18.4. The van der Waals surface area contributed by atoms with Gasteiger partial charge in [0.15, 0.2) is 0 Å². The molecule has 3 heteroatoms. The van der Waals surface area contributed by atoms with Crippen LogP contribution in [0.15, 0.2) is 0 Å². The Morgan fingerprint density at radius 3 is 1.95 bits per heavy atom. The lowest BCUT2D eigenvalue weighted by molar-refractivity contribution is -0.140. The van der Waals surface area contributed by atoms with Crippen LogP contribution in [0.2, 0.25) is 0 Å². The first-order valence-electron chi connectivity index (χ1n) is 7.83. The summed E-state index contributed by atoms with van der Waals surface area (Å²) < 4.78 is 0. The molecule has 0 saturated carbocycles. The van der Waals surface area contributed by atoms with Crippen LogP contribution in [0.4, 0.5) is 0 Å². The van der Waals surface area contributed by atoms with Gasteiger partial charge in [-0.15, -0.1) is 0 Å². The molecule has 0 aromatic rings. The van der Waals surface area contributed by atoms with Crippen molar-refractivity contribution in [2.45, 2.75) is 72.6 Å². The lowest BCUT2D eigenvalue weighted by Crippen LogP contribution is -2.41. The van der Waals surface area contributed by atoms with Crippen LogP contribution in [0.25, 0.3) is 0 Å². The van der Waals surface area contributed by atoms with Crippen LogP contribution in [0.5, 0.6) is 0 Å². The number of nitrogens with zero attached hydrogens (tertiary/aromatic N) is 1. The average molecular weight is 271 g/mol. The van der Waals surface area contributed by atoms with Gasteiger partial charge >= 0.3 is 0 Å². The molecule has 0 atom stereocenters. The molecule has 0 spiro atoms. The van der Waals surface area contributed by atoms with Gasteiger partial charge in [-0.05, 0) is 6.42 Å². The van der Waals surface area contributed by atoms with Gasteiger partial charge in [-0.2, -0.15) is 0 Å². The molecular formula is C16H33NO2. The van der Waals surface area contributed by atoms with E-state index in [4.69, 9.17) is 5.11 Å². The molecule has 0 bridgehead atoms. The van der Waals surface area contributed by atoms with E-state index in [2.05, 4.69) is 6.92 Å². The van der Waals surface area contributed by atoms with Crippen molar-refractivity contribution < 1.29 is 9.90 Å². The Bertz CT molecular complexity index is 233. The summed E-state index contributed by atoms with van der Waals surface area (Å²) >= 11 is 0. The zero-order valence-corrected chi connectivity index (χ0v) is 13.4. The van der Waals surface area contributed by atoms with E-state index in [0.29, 0.717) is 6.54 Å². The van der Waals surface area contributed by atoms with Crippen molar-refractivity contribution in [1.82, 2.24) is 4.90 Å². The van der Waals surface area contributed by atoms with Crippen LogP contribution in [0.1, 0.15) is 72.6 Å². The maximum absolute atomic E-state index is 12.2. The van der Waals surface area contributed by atoms with Crippen LogP contribution in [-0.4, -0.2) is 35.6 Å². The lowest BCUT2D eigenvalue weighted by atomic mass is 9.94. The Kier molecular flexibility index (Phi) is 9.94. The molecule has 0 saturated heterocycles. The number of carbonyl (C=O) groups excluding carboxylic acids is 1. The van der Waals surface area contributed by atoms with Gasteiger partial charge in [-0.25, -0.2) is 0 Å². The Hall–Kier alpha value is -0.570. The first-order chi connectivity index (χ1) is 8.93. The zero-order chi connectivity index (χ0) is 14.7. The van der Waals surface area contributed by atoms with Gasteiger partial charge in [-0.1, -0.05) is 66.2 Å². The van der Waals surface area contributed by atoms with Crippen LogP contribution >= 0.6 is 0 Å². The van der Waals surface area contributed by atoms with Crippen molar-refractivity contribution >= 4 is 5.91 Å². The number of aliphatic hydroxyl groups is 1. The van der Waals surface area contributed by atoms with E-state index in [1.807, 2.05) is 25.7 Å². The molecule has 0 fully saturated rings. The highest BCUT2D eigenvalue weighted by Gasteiger charge is 2.26. The molecule has 0 aliphatic rings. The lowest BCUT2D eigenvalue weighted by Gasteiger charge is -2.29. The standard InChI is InChI=1S/C16H33NO2/c1-5-6-7-8-9-10-11-12-17(13-14-18)15(19)16(2,3)4/h18H,5-14H2,1-4H3. The third-order valence-electron chi connectivity index (χ3n) is 3.33. The van der Waals surface area contributed by atoms with E-state index in [1.165, 1.54) is 38.5 Å². The monoisotopic (exact) mass is 271 g/mol. The zero-order valence-electron chi connectivity index (χ0n) is 13.4. The largest absolute Gasteiger partial charge is 0.395 e. The highest BCUT2D eigenvalue weighted by Crippen LogP contribution is 2.18. The smallest absolute Gasteiger partial charge is 0.228 e. The van der Waals surface area contributed by atoms with E-state index < -0.39 is 0 Å². The molecule has 0 aliphatic carbocycles. The molecule has 0 radical (unpaired) electrons. The second kappa shape index (κ2) is 10.2. The molecular weight excluding hydrogens is 238 g/mol. The molecule has 1 amide bonds. The second-order valence-electron chi connectivity index (χ2n) is 6.39. The number of aliphatic hydroxyl groups excluding tert-OH is 1. The van der Waals surface area contributed by atoms with Gasteiger partial charge in [0, 0.05) is 18.5 Å². The number of rotatable bonds is 10. The molecule has 0 aliphatic heterocycles. The highest BCUT2D eigenvalue weighted by molar-refractivity contribution is 5.81. The molecule has 0 aromatic carbocycles. The maximum atomic E-state index is 12.2. The summed E-state index contributed by atoms with van der Waals surface area (Å²) in [4.78, 5) is 14.0. The van der Waals surface area contributed by atoms with E-state index in [9.17, 15) is 4.79 Å². The molecule has 0 aromatic heterocycles. The quantitative estimate of drug-likeness (QED) is 0.617. The van der Waals surface area contributed by atoms with Crippen LogP contribution in [-0.2, 0) is 4.79 Å². The van der Waals surface area contributed by atoms with Gasteiger partial charge in [0.1, 0.15) is 0 Å². The van der Waals surface area contributed by atoms with Crippen LogP contribution in [0.3, 0.4) is 0 Å². The predicted molar refractivity (Wildman–Crippen MR) is 81.1 cm³/mol. The normalized spacial score (nSPS) is 11.6. The maximum Gasteiger partial charge on any atom is 0.228 e. The van der Waals surface area contributed by atoms with Gasteiger partial charge in [0.2, 0.25) is 5.91 Å². The topological polar surface area (TPSA) is 40.5 Å². The minimum atomic E-state index is -0.351. The van der Waals surface area contributed by atoms with Crippen molar-refractivity contribution in [3.05, 3.63) is 0 Å². The van der Waals surface area contributed by atoms with Crippen molar-refractivity contribution in [3.8, 4) is 0 Å². The summed E-state index contributed by atoms with van der Waals surface area (Å²) in [5.41, 5.74) is -0.351. The molecule has 0 heterocycles. The fourth-order valence-corrected chi connectivity index (χ4v) is 2.17. The summed E-state index contributed by atoms with van der Waals surface area (Å²) in [7, 11) is 0. The van der Waals surface area contributed by atoms with E-state index >= 15 is 0 Å². The fraction of sp³-hybridized carbons (Fsp3) is 0.938. The van der Waals surface area contributed by atoms with E-state index in [-0.39, 0.29) is 17.9 Å². The van der Waals surface area contributed by atoms with Gasteiger partial charge in [0.05, 0.1) is 6.61 Å². The van der Waals surface area contributed by atoms with Gasteiger partial charge in [0.25, 0.3) is 0 Å². The second-order valence-corrected chi connectivity index (χ2v) is 6.39. The summed E-state index contributed by atoms with van der Waals surface area (Å²) in [6.07, 6.45) is 8.75. The van der Waals surface area contributed by atoms with Gasteiger partial charge < -0.3 is 10.0 Å². The number of hydrogen-bond acceptors (Lipinski definition) is 2. The summed E-state index contributed by atoms with van der Waals surface area (Å²) in [5, 5.41) is 9.06. The van der Waals surface area contributed by atoms with Crippen molar-refractivity contribution in [2.75, 3.05) is 19.7 Å². The summed E-state index contributed by atoms with van der Waals surface area (Å²) in [6, 6.07) is 0. The minimum absolute atomic E-state index is 0.0539. The highest BCUT2D eigenvalue weighted by atomic mass is 16.3. The Morgan fingerprint density at radius 2 is 1.47 bits per heavy atom. The molecule has 114 valence electrons. The van der Waals surface area contributed by atoms with E-state index in [1.54, 1.807) is 0 Å². The molecule has 19 heavy (non-hydrogen) atoms. The van der Waals surface area contributed by atoms with Crippen LogP contribution in [0, 0.1) is 5.41 Å². The van der Waals surface area contributed by atoms with E-state index in [0.717, 1.165) is 13.0 Å². The fourth-order valence-electron chi connectivity index (χ4n) is 2.17. The average Bonchev–Trinajstić information content (AvgIpc) is 2.34. The minimum Gasteiger partial charge on any atom is -0.395 e. The Morgan fingerprint density at radius 1 is 0.947 bits per heavy atom. The number of hydrogen-bond donors (Lipinski definition) is 1. The number of amides is 1. The van der Waals surface area contributed by atoms with Crippen molar-refractivity contribution in [2.24, 2.45) is 5.41 Å². The number of carbonyl (C=O) groups is 1. The van der Waals surface area contributed by atoms with Crippen molar-refractivity contribution in [1.29, 1.82) is 0 Å². The Balaban J connectivity index is 3.86. The third kappa shape index (κ3) is 9.04. The summed E-state index contributed by atoms with van der Waals surface area (Å²) in [6.45, 7) is 9.33. The molecule has 0 unspecified atom stereocenters. The number of unbranched alkanes of at least 4 members (excludes halogenated alkanes) is 6. The Labute approximate surface area is 119 Å². The molecule has 0 rings (SSSR count). The van der Waals surface area contributed by atoms with Crippen LogP contribution < -0.4 is 0 Å². The first-order valence-corrected chi connectivity index (χ1v) is 7.83. The predicted octanol–water partition coefficient (Wildman–Crippen LogP) is 3.60. The van der Waals surface area contributed by atoms with Crippen molar-refractivity contribution in [3.63, 3.8) is 0 Å². The SMILES string of the molecule is CCCCCCCCCN(CCO)C(=O)C(C)(C)C. The third-order valence-corrected chi connectivity index (χ3v) is 3.33. The van der Waals surface area contributed by atoms with Gasteiger partial charge in [-0.3, -0.25) is 4.79 Å².